The van der Waals surface area contributed by atoms with E-state index >= 15 is 8.78 Å². The van der Waals surface area contributed by atoms with Crippen LogP contribution in [0.2, 0.25) is 0 Å². The lowest BCUT2D eigenvalue weighted by molar-refractivity contribution is 0.0594. The molecule has 0 fully saturated rings. The van der Waals surface area contributed by atoms with Crippen LogP contribution in [-0.4, -0.2) is 0 Å². The summed E-state index contributed by atoms with van der Waals surface area (Å²) < 4.78 is 52.0. The Morgan fingerprint density at radius 3 is 0.990 bits per heavy atom. The molecule has 0 saturated heterocycles. The van der Waals surface area contributed by atoms with E-state index in [9.17, 15) is 0 Å². The number of hydrogen-bond acceptors (Lipinski definition) is 4. The summed E-state index contributed by atoms with van der Waals surface area (Å²) in [5.74, 6) is -0.776. The summed E-state index contributed by atoms with van der Waals surface area (Å²) in [6.07, 6.45) is 0. The van der Waals surface area contributed by atoms with Gasteiger partial charge in [-0.05, 0) is 162 Å². The number of para-hydroxylation sites is 4. The van der Waals surface area contributed by atoms with E-state index in [-0.39, 0.29) is 11.6 Å². The lowest BCUT2D eigenvalue weighted by Crippen LogP contribution is -2.62. The van der Waals surface area contributed by atoms with Crippen LogP contribution in [0.25, 0.3) is 111 Å². The SMILES string of the molecule is CC(C)(C)C1(C2(C(C)(C)C)c3ccccc3-c3ccc(N(c4c(F)cc(-c5ccccc5)cc4-c4ccccc4)c4cccc5c4oc4ccccc45)cc32)c2ccccc2-c2ccc(N(c3c(F)cc(-c4ccccc4)cc3-c3ccccc3)c3cccc4c3oc3ccccc34)cc21. The van der Waals surface area contributed by atoms with Gasteiger partial charge in [-0.1, -0.05) is 284 Å². The van der Waals surface area contributed by atoms with E-state index < -0.39 is 21.7 Å². The van der Waals surface area contributed by atoms with Gasteiger partial charge in [-0.25, -0.2) is 8.78 Å². The Morgan fingerprint density at radius 2 is 0.600 bits per heavy atom. The standard InChI is InChI=1S/C94H70F2N2O2/c1-91(2,3)93(77-43-23-19-37-67(77)69-51-49-65(57-79(69)93)97(83-45-27-41-73-71-39-21-25-47-85(71)99-89(73)83)87-75(61-33-15-9-16-34-61)53-63(55-81(87)95)59-29-11-7-12-30-59)94(92(4,5)6)78-44-24-20-38-68(78)70-52-50-66(58-80(70)94)98(84-46-28-42-74-72-40-22-26-48-86(72)100-90(74)84)88-76(62-35-17-10-18-36-62)54-64(56-82(88)96)60-31-13-8-14-32-60/h7-58H,1-6H3. The van der Waals surface area contributed by atoms with Crippen LogP contribution in [0, 0.1) is 22.5 Å². The van der Waals surface area contributed by atoms with Gasteiger partial charge >= 0.3 is 0 Å². The van der Waals surface area contributed by atoms with Gasteiger partial charge in [-0.3, -0.25) is 0 Å². The first-order chi connectivity index (χ1) is 48.7. The molecule has 0 N–H and O–H groups in total. The van der Waals surface area contributed by atoms with Crippen molar-refractivity contribution in [2.24, 2.45) is 10.8 Å². The minimum Gasteiger partial charge on any atom is -0.454 e. The van der Waals surface area contributed by atoms with E-state index in [1.54, 1.807) is 12.1 Å². The second-order valence-electron chi connectivity index (χ2n) is 28.9. The Morgan fingerprint density at radius 1 is 0.270 bits per heavy atom. The fourth-order valence-electron chi connectivity index (χ4n) is 17.9. The third-order valence-corrected chi connectivity index (χ3v) is 21.6. The van der Waals surface area contributed by atoms with Crippen molar-refractivity contribution in [1.29, 1.82) is 0 Å². The highest BCUT2D eigenvalue weighted by Crippen LogP contribution is 2.75. The molecule has 2 unspecified atom stereocenters. The molecule has 14 aromatic carbocycles. The molecule has 0 bridgehead atoms. The molecule has 0 amide bonds. The number of benzene rings is 14. The molecular weight excluding hydrogens is 1230 g/mol. The van der Waals surface area contributed by atoms with Gasteiger partial charge < -0.3 is 18.6 Å². The maximum Gasteiger partial charge on any atom is 0.159 e. The lowest BCUT2D eigenvalue weighted by Gasteiger charge is -2.62. The molecule has 2 heterocycles. The summed E-state index contributed by atoms with van der Waals surface area (Å²) in [4.78, 5) is 4.26. The molecule has 18 rings (SSSR count). The number of rotatable bonds is 11. The highest BCUT2D eigenvalue weighted by Gasteiger charge is 2.70. The first-order valence-corrected chi connectivity index (χ1v) is 34.5. The van der Waals surface area contributed by atoms with Gasteiger partial charge in [0.2, 0.25) is 0 Å². The Hall–Kier alpha value is -11.9. The van der Waals surface area contributed by atoms with Crippen molar-refractivity contribution in [1.82, 2.24) is 0 Å². The zero-order valence-corrected chi connectivity index (χ0v) is 56.5. The van der Waals surface area contributed by atoms with Crippen LogP contribution in [-0.2, 0) is 10.8 Å². The second-order valence-corrected chi connectivity index (χ2v) is 28.9. The van der Waals surface area contributed by atoms with E-state index in [1.165, 1.54) is 11.1 Å². The highest BCUT2D eigenvalue weighted by atomic mass is 19.1. The molecule has 2 aliphatic rings. The quantitative estimate of drug-likeness (QED) is 0.129. The summed E-state index contributed by atoms with van der Waals surface area (Å²) in [5, 5.41) is 3.79. The molecule has 0 aliphatic heterocycles. The molecule has 2 aliphatic carbocycles. The summed E-state index contributed by atoms with van der Waals surface area (Å²) in [7, 11) is 0. The normalized spacial score (nSPS) is 15.5. The molecule has 2 atom stereocenters. The smallest absolute Gasteiger partial charge is 0.159 e. The molecule has 482 valence electrons. The van der Waals surface area contributed by atoms with Crippen molar-refractivity contribution in [3.8, 4) is 66.8 Å². The molecule has 0 radical (unpaired) electrons. The van der Waals surface area contributed by atoms with E-state index in [0.29, 0.717) is 33.9 Å². The Balaban J connectivity index is 0.950. The van der Waals surface area contributed by atoms with Gasteiger partial charge in [0, 0.05) is 54.9 Å². The minimum absolute atomic E-state index is 0.388. The number of nitrogens with zero attached hydrogens (tertiary/aromatic N) is 2. The third kappa shape index (κ3) is 8.88. The molecule has 100 heavy (non-hydrogen) atoms. The third-order valence-electron chi connectivity index (χ3n) is 21.6. The van der Waals surface area contributed by atoms with Crippen LogP contribution >= 0.6 is 0 Å². The number of halogens is 2. The predicted molar refractivity (Wildman–Crippen MR) is 410 cm³/mol. The van der Waals surface area contributed by atoms with E-state index in [2.05, 4.69) is 221 Å². The Kier molecular flexibility index (Phi) is 13.8. The fraction of sp³-hybridized carbons (Fsp3) is 0.106. The molecular formula is C94H70F2N2O2. The van der Waals surface area contributed by atoms with Crippen LogP contribution in [0.1, 0.15) is 63.8 Å². The van der Waals surface area contributed by atoms with Gasteiger partial charge in [0.15, 0.2) is 11.2 Å². The molecule has 2 aromatic heterocycles. The summed E-state index contributed by atoms with van der Waals surface area (Å²) in [6, 6.07) is 109. The van der Waals surface area contributed by atoms with E-state index in [1.807, 2.05) is 133 Å². The molecule has 0 saturated carbocycles. The average molecular weight is 1300 g/mol. The molecule has 6 heteroatoms. The number of furan rings is 2. The average Bonchev–Trinajstić information content (AvgIpc) is 1.45. The Bertz CT molecular complexity index is 5560. The minimum atomic E-state index is -0.948. The predicted octanol–water partition coefficient (Wildman–Crippen LogP) is 26.7. The molecule has 4 nitrogen and oxygen atoms in total. The topological polar surface area (TPSA) is 32.8 Å². The number of fused-ring (bicyclic) bond motifs is 12. The molecule has 0 spiro atoms. The molecule has 16 aromatic rings. The summed E-state index contributed by atoms with van der Waals surface area (Å²) in [5.41, 5.74) is 18.9. The number of hydrogen-bond donors (Lipinski definition) is 0. The van der Waals surface area contributed by atoms with Crippen molar-refractivity contribution in [2.75, 3.05) is 9.80 Å². The Labute approximate surface area is 581 Å². The van der Waals surface area contributed by atoms with Crippen molar-refractivity contribution in [3.63, 3.8) is 0 Å². The van der Waals surface area contributed by atoms with Crippen LogP contribution in [0.4, 0.5) is 42.9 Å². The number of anilines is 6. The second kappa shape index (κ2) is 22.9. The van der Waals surface area contributed by atoms with Gasteiger partial charge in [-0.2, -0.15) is 0 Å². The zero-order chi connectivity index (χ0) is 67.8. The first-order valence-electron chi connectivity index (χ1n) is 34.5. The van der Waals surface area contributed by atoms with E-state index in [0.717, 1.165) is 122 Å². The monoisotopic (exact) mass is 1300 g/mol. The van der Waals surface area contributed by atoms with E-state index in [4.69, 9.17) is 8.83 Å². The first kappa shape index (κ1) is 60.5. The van der Waals surface area contributed by atoms with Crippen molar-refractivity contribution in [3.05, 3.63) is 349 Å². The zero-order valence-electron chi connectivity index (χ0n) is 56.5. The largest absolute Gasteiger partial charge is 0.454 e. The van der Waals surface area contributed by atoms with Gasteiger partial charge in [-0.15, -0.1) is 0 Å². The lowest BCUT2D eigenvalue weighted by atomic mass is 9.39. The van der Waals surface area contributed by atoms with Gasteiger partial charge in [0.25, 0.3) is 0 Å². The van der Waals surface area contributed by atoms with Gasteiger partial charge in [0.05, 0.1) is 22.7 Å². The highest BCUT2D eigenvalue weighted by molar-refractivity contribution is 6.13. The van der Waals surface area contributed by atoms with Crippen LogP contribution in [0.5, 0.6) is 0 Å². The van der Waals surface area contributed by atoms with Crippen LogP contribution < -0.4 is 9.80 Å². The van der Waals surface area contributed by atoms with Crippen molar-refractivity contribution >= 4 is 78.0 Å². The van der Waals surface area contributed by atoms with Crippen LogP contribution in [0.3, 0.4) is 0 Å². The van der Waals surface area contributed by atoms with Gasteiger partial charge in [0.1, 0.15) is 22.8 Å². The van der Waals surface area contributed by atoms with Crippen molar-refractivity contribution < 1.29 is 17.6 Å². The van der Waals surface area contributed by atoms with Crippen LogP contribution in [0.15, 0.2) is 324 Å². The van der Waals surface area contributed by atoms with Crippen molar-refractivity contribution in [2.45, 2.75) is 52.4 Å². The summed E-state index contributed by atoms with van der Waals surface area (Å²) in [6.45, 7) is 14.5. The maximum absolute atomic E-state index is 19.0. The summed E-state index contributed by atoms with van der Waals surface area (Å²) >= 11 is 0. The maximum atomic E-state index is 19.0. The fourth-order valence-corrected chi connectivity index (χ4v) is 17.9.